The second-order valence-corrected chi connectivity index (χ2v) is 8.52. The molecule has 1 heterocycles. The number of likely N-dealkylation sites (tertiary alicyclic amines) is 1. The van der Waals surface area contributed by atoms with Crippen molar-refractivity contribution in [2.24, 2.45) is 5.41 Å². The van der Waals surface area contributed by atoms with Crippen LogP contribution >= 0.6 is 11.6 Å². The smallest absolute Gasteiger partial charge is 0.411 e. The van der Waals surface area contributed by atoms with Crippen molar-refractivity contribution in [1.29, 1.82) is 0 Å². The van der Waals surface area contributed by atoms with E-state index in [-0.39, 0.29) is 25.6 Å². The molecular weight excluding hydrogens is 446 g/mol. The van der Waals surface area contributed by atoms with E-state index >= 15 is 0 Å². The first-order valence-corrected chi connectivity index (χ1v) is 11.2. The maximum absolute atomic E-state index is 13.2. The number of aryl methyl sites for hydroxylation is 1. The van der Waals surface area contributed by atoms with Gasteiger partial charge in [-0.25, -0.2) is 9.59 Å². The fourth-order valence-electron chi connectivity index (χ4n) is 3.85. The van der Waals surface area contributed by atoms with Crippen LogP contribution in [0.5, 0.6) is 0 Å². The number of ether oxygens (including phenoxy) is 1. The zero-order chi connectivity index (χ0) is 23.8. The Kier molecular flexibility index (Phi) is 8.16. The summed E-state index contributed by atoms with van der Waals surface area (Å²) in [5, 5.41) is 15.5. The van der Waals surface area contributed by atoms with Crippen LogP contribution in [0.1, 0.15) is 30.9 Å². The van der Waals surface area contributed by atoms with Crippen LogP contribution in [0.2, 0.25) is 5.02 Å². The highest BCUT2D eigenvalue weighted by Crippen LogP contribution is 2.31. The zero-order valence-corrected chi connectivity index (χ0v) is 19.2. The van der Waals surface area contributed by atoms with E-state index in [4.69, 9.17) is 16.3 Å². The van der Waals surface area contributed by atoms with Crippen molar-refractivity contribution >= 4 is 35.4 Å². The standard InChI is InChI=1S/C24H28ClN3O5/c1-2-17-8-10-19(11-9-17)27-22(30)33-16-24(12-5-13-28(15-24)23(31)32)21(29)26-14-18-6-3-4-7-20(18)25/h3-4,6-11H,2,5,12-16H2,1H3,(H,26,29)(H,27,30)(H,31,32). The lowest BCUT2D eigenvalue weighted by Crippen LogP contribution is -2.55. The van der Waals surface area contributed by atoms with E-state index in [1.54, 1.807) is 30.3 Å². The largest absolute Gasteiger partial charge is 0.465 e. The van der Waals surface area contributed by atoms with Crippen molar-refractivity contribution in [2.75, 3.05) is 25.0 Å². The zero-order valence-electron chi connectivity index (χ0n) is 18.5. The van der Waals surface area contributed by atoms with Crippen molar-refractivity contribution in [3.8, 4) is 0 Å². The Morgan fingerprint density at radius 2 is 1.88 bits per heavy atom. The second-order valence-electron chi connectivity index (χ2n) is 8.11. The molecule has 0 aromatic heterocycles. The third-order valence-electron chi connectivity index (χ3n) is 5.81. The molecule has 0 radical (unpaired) electrons. The molecular formula is C24H28ClN3O5. The number of amides is 3. The van der Waals surface area contributed by atoms with Crippen LogP contribution in [0.25, 0.3) is 0 Å². The lowest BCUT2D eigenvalue weighted by Gasteiger charge is -2.39. The molecule has 1 unspecified atom stereocenters. The van der Waals surface area contributed by atoms with Crippen LogP contribution in [0.3, 0.4) is 0 Å². The van der Waals surface area contributed by atoms with Gasteiger partial charge in [-0.15, -0.1) is 0 Å². The normalized spacial score (nSPS) is 17.8. The van der Waals surface area contributed by atoms with Crippen molar-refractivity contribution in [3.63, 3.8) is 0 Å². The molecule has 9 heteroatoms. The molecule has 0 saturated carbocycles. The molecule has 2 aromatic carbocycles. The highest BCUT2D eigenvalue weighted by Gasteiger charge is 2.45. The topological polar surface area (TPSA) is 108 Å². The van der Waals surface area contributed by atoms with Gasteiger partial charge in [-0.3, -0.25) is 10.1 Å². The Labute approximate surface area is 197 Å². The Morgan fingerprint density at radius 1 is 1.15 bits per heavy atom. The number of halogens is 1. The Bertz CT molecular complexity index is 998. The van der Waals surface area contributed by atoms with Gasteiger partial charge in [0.2, 0.25) is 5.91 Å². The first-order chi connectivity index (χ1) is 15.8. The van der Waals surface area contributed by atoms with Crippen LogP contribution in [0.15, 0.2) is 48.5 Å². The number of benzene rings is 2. The fourth-order valence-corrected chi connectivity index (χ4v) is 4.05. The number of hydrogen-bond donors (Lipinski definition) is 3. The van der Waals surface area contributed by atoms with E-state index in [1.807, 2.05) is 25.1 Å². The highest BCUT2D eigenvalue weighted by atomic mass is 35.5. The van der Waals surface area contributed by atoms with Gasteiger partial charge < -0.3 is 20.1 Å². The minimum Gasteiger partial charge on any atom is -0.465 e. The number of carbonyl (C=O) groups excluding carboxylic acids is 2. The number of anilines is 1. The quantitative estimate of drug-likeness (QED) is 0.547. The third kappa shape index (κ3) is 6.38. The fraction of sp³-hybridized carbons (Fsp3) is 0.375. The van der Waals surface area contributed by atoms with Crippen LogP contribution in [-0.4, -0.2) is 47.8 Å². The molecule has 0 spiro atoms. The average Bonchev–Trinajstić information content (AvgIpc) is 2.82. The maximum Gasteiger partial charge on any atom is 0.411 e. The predicted octanol–water partition coefficient (Wildman–Crippen LogP) is 4.53. The lowest BCUT2D eigenvalue weighted by atomic mass is 9.79. The molecule has 3 amide bonds. The number of carboxylic acid groups (broad SMARTS) is 1. The molecule has 1 aliphatic heterocycles. The minimum atomic E-state index is -1.19. The summed E-state index contributed by atoms with van der Waals surface area (Å²) in [6, 6.07) is 14.5. The van der Waals surface area contributed by atoms with Crippen molar-refractivity contribution in [3.05, 3.63) is 64.7 Å². The summed E-state index contributed by atoms with van der Waals surface area (Å²) in [6.45, 7) is 2.24. The maximum atomic E-state index is 13.2. The number of rotatable bonds is 7. The molecule has 8 nitrogen and oxygen atoms in total. The molecule has 1 saturated heterocycles. The molecule has 0 bridgehead atoms. The van der Waals surface area contributed by atoms with Crippen LogP contribution in [0, 0.1) is 5.41 Å². The first-order valence-electron chi connectivity index (χ1n) is 10.9. The number of carbonyl (C=O) groups is 3. The highest BCUT2D eigenvalue weighted by molar-refractivity contribution is 6.31. The Balaban J connectivity index is 1.68. The van der Waals surface area contributed by atoms with Gasteiger partial charge in [0, 0.05) is 30.3 Å². The number of nitrogens with one attached hydrogen (secondary N) is 2. The Hall–Kier alpha value is -3.26. The van der Waals surface area contributed by atoms with E-state index in [0.29, 0.717) is 30.1 Å². The van der Waals surface area contributed by atoms with E-state index in [9.17, 15) is 19.5 Å². The van der Waals surface area contributed by atoms with E-state index in [1.165, 1.54) is 4.90 Å². The van der Waals surface area contributed by atoms with E-state index in [2.05, 4.69) is 10.6 Å². The van der Waals surface area contributed by atoms with Gasteiger partial charge in [-0.05, 0) is 48.6 Å². The average molecular weight is 474 g/mol. The summed E-state index contributed by atoms with van der Waals surface area (Å²) in [6.07, 6.45) is -0.0568. The van der Waals surface area contributed by atoms with Gasteiger partial charge in [0.1, 0.15) is 12.0 Å². The van der Waals surface area contributed by atoms with Crippen molar-refractivity contribution < 1.29 is 24.2 Å². The number of hydrogen-bond acceptors (Lipinski definition) is 4. The third-order valence-corrected chi connectivity index (χ3v) is 6.18. The van der Waals surface area contributed by atoms with Gasteiger partial charge in [-0.2, -0.15) is 0 Å². The van der Waals surface area contributed by atoms with Crippen molar-refractivity contribution in [2.45, 2.75) is 32.7 Å². The number of nitrogens with zero attached hydrogens (tertiary/aromatic N) is 1. The SMILES string of the molecule is CCc1ccc(NC(=O)OCC2(C(=O)NCc3ccccc3Cl)CCCN(C(=O)O)C2)cc1. The summed E-state index contributed by atoms with van der Waals surface area (Å²) in [7, 11) is 0. The van der Waals surface area contributed by atoms with E-state index < -0.39 is 17.6 Å². The van der Waals surface area contributed by atoms with Gasteiger partial charge >= 0.3 is 12.2 Å². The van der Waals surface area contributed by atoms with Crippen LogP contribution < -0.4 is 10.6 Å². The van der Waals surface area contributed by atoms with E-state index in [0.717, 1.165) is 17.5 Å². The van der Waals surface area contributed by atoms with Gasteiger partial charge in [0.05, 0.1) is 0 Å². The van der Waals surface area contributed by atoms with Crippen LogP contribution in [0.4, 0.5) is 15.3 Å². The monoisotopic (exact) mass is 473 g/mol. The lowest BCUT2D eigenvalue weighted by molar-refractivity contribution is -0.136. The second kappa shape index (κ2) is 11.0. The Morgan fingerprint density at radius 3 is 2.55 bits per heavy atom. The summed E-state index contributed by atoms with van der Waals surface area (Å²) >= 11 is 6.18. The number of piperidine rings is 1. The summed E-state index contributed by atoms with van der Waals surface area (Å²) < 4.78 is 5.41. The molecule has 3 rings (SSSR count). The van der Waals surface area contributed by atoms with Crippen molar-refractivity contribution in [1.82, 2.24) is 10.2 Å². The summed E-state index contributed by atoms with van der Waals surface area (Å²) in [4.78, 5) is 38.4. The molecule has 33 heavy (non-hydrogen) atoms. The molecule has 0 aliphatic carbocycles. The summed E-state index contributed by atoms with van der Waals surface area (Å²) in [5.41, 5.74) is 1.26. The van der Waals surface area contributed by atoms with Gasteiger partial charge in [0.25, 0.3) is 0 Å². The molecule has 2 aromatic rings. The van der Waals surface area contributed by atoms with Gasteiger partial charge in [-0.1, -0.05) is 48.9 Å². The van der Waals surface area contributed by atoms with Crippen LogP contribution in [-0.2, 0) is 22.5 Å². The van der Waals surface area contributed by atoms with Gasteiger partial charge in [0.15, 0.2) is 0 Å². The molecule has 1 aliphatic rings. The molecule has 3 N–H and O–H groups in total. The molecule has 1 atom stereocenters. The predicted molar refractivity (Wildman–Crippen MR) is 125 cm³/mol. The summed E-state index contributed by atoms with van der Waals surface area (Å²) in [5.74, 6) is -0.381. The first kappa shape index (κ1) is 24.4. The minimum absolute atomic E-state index is 0.0604. The molecule has 176 valence electrons. The molecule has 1 fully saturated rings.